The lowest BCUT2D eigenvalue weighted by Crippen LogP contribution is -2.04. The Morgan fingerprint density at radius 3 is 2.57 bits per heavy atom. The summed E-state index contributed by atoms with van der Waals surface area (Å²) < 4.78 is 16.1. The molecule has 0 amide bonds. The fourth-order valence-corrected chi connectivity index (χ4v) is 1.93. The molecule has 1 aromatic rings. The average Bonchev–Trinajstić information content (AvgIpc) is 2.91. The van der Waals surface area contributed by atoms with E-state index in [1.165, 1.54) is 5.56 Å². The van der Waals surface area contributed by atoms with E-state index in [1.807, 2.05) is 24.3 Å². The lowest BCUT2D eigenvalue weighted by atomic mass is 10.1. The SMILES string of the molecule is COc1ccc([C@H]2OC[C@@H]3O[C@@H]32)cc1. The number of ether oxygens (including phenoxy) is 3. The highest BCUT2D eigenvalue weighted by molar-refractivity contribution is 5.30. The van der Waals surface area contributed by atoms with Gasteiger partial charge in [0.25, 0.3) is 0 Å². The molecule has 3 heteroatoms. The third kappa shape index (κ3) is 1.21. The van der Waals surface area contributed by atoms with Crippen LogP contribution in [-0.2, 0) is 9.47 Å². The minimum Gasteiger partial charge on any atom is -0.497 e. The molecule has 74 valence electrons. The van der Waals surface area contributed by atoms with Gasteiger partial charge in [-0.1, -0.05) is 12.1 Å². The Morgan fingerprint density at radius 2 is 2.07 bits per heavy atom. The highest BCUT2D eigenvalue weighted by Crippen LogP contribution is 2.43. The van der Waals surface area contributed by atoms with Gasteiger partial charge in [0.2, 0.25) is 0 Å². The fourth-order valence-electron chi connectivity index (χ4n) is 1.93. The second-order valence-corrected chi connectivity index (χ2v) is 3.67. The van der Waals surface area contributed by atoms with Crippen LogP contribution in [0.25, 0.3) is 0 Å². The summed E-state index contributed by atoms with van der Waals surface area (Å²) in [6.45, 7) is 0.737. The van der Waals surface area contributed by atoms with Crippen molar-refractivity contribution in [3.8, 4) is 5.75 Å². The summed E-state index contributed by atoms with van der Waals surface area (Å²) in [5.41, 5.74) is 1.18. The highest BCUT2D eigenvalue weighted by atomic mass is 16.7. The molecule has 0 saturated carbocycles. The molecule has 1 aromatic carbocycles. The van der Waals surface area contributed by atoms with Gasteiger partial charge in [-0.2, -0.15) is 0 Å². The number of hydrogen-bond donors (Lipinski definition) is 0. The normalized spacial score (nSPS) is 33.9. The van der Waals surface area contributed by atoms with Crippen LogP contribution >= 0.6 is 0 Å². The summed E-state index contributed by atoms with van der Waals surface area (Å²) in [6.07, 6.45) is 0.774. The van der Waals surface area contributed by atoms with E-state index in [-0.39, 0.29) is 6.10 Å². The molecule has 3 atom stereocenters. The van der Waals surface area contributed by atoms with Crippen molar-refractivity contribution in [3.05, 3.63) is 29.8 Å². The minimum atomic E-state index is 0.130. The van der Waals surface area contributed by atoms with Gasteiger partial charge in [-0.15, -0.1) is 0 Å². The molecule has 0 N–H and O–H groups in total. The summed E-state index contributed by atoms with van der Waals surface area (Å²) in [6, 6.07) is 7.98. The van der Waals surface area contributed by atoms with Crippen molar-refractivity contribution in [1.82, 2.24) is 0 Å². The van der Waals surface area contributed by atoms with Gasteiger partial charge in [-0.3, -0.25) is 0 Å². The van der Waals surface area contributed by atoms with Crippen LogP contribution in [0.1, 0.15) is 11.7 Å². The molecule has 0 radical (unpaired) electrons. The Kier molecular flexibility index (Phi) is 1.75. The van der Waals surface area contributed by atoms with Crippen LogP contribution in [-0.4, -0.2) is 25.9 Å². The number of hydrogen-bond acceptors (Lipinski definition) is 3. The van der Waals surface area contributed by atoms with Crippen molar-refractivity contribution in [1.29, 1.82) is 0 Å². The first-order valence-corrected chi connectivity index (χ1v) is 4.79. The molecule has 2 aliphatic rings. The molecule has 3 nitrogen and oxygen atoms in total. The Bertz CT molecular complexity index is 333. The Labute approximate surface area is 82.6 Å². The molecule has 2 heterocycles. The van der Waals surface area contributed by atoms with Crippen molar-refractivity contribution >= 4 is 0 Å². The first-order chi connectivity index (χ1) is 6.88. The number of epoxide rings is 1. The topological polar surface area (TPSA) is 31.0 Å². The molecule has 14 heavy (non-hydrogen) atoms. The third-order valence-electron chi connectivity index (χ3n) is 2.80. The van der Waals surface area contributed by atoms with Crippen LogP contribution < -0.4 is 4.74 Å². The predicted octanol–water partition coefficient (Wildman–Crippen LogP) is 1.53. The Morgan fingerprint density at radius 1 is 1.29 bits per heavy atom. The zero-order valence-electron chi connectivity index (χ0n) is 7.97. The summed E-state index contributed by atoms with van der Waals surface area (Å²) in [5, 5.41) is 0. The van der Waals surface area contributed by atoms with Gasteiger partial charge < -0.3 is 14.2 Å². The molecular weight excluding hydrogens is 180 g/mol. The highest BCUT2D eigenvalue weighted by Gasteiger charge is 2.52. The molecule has 0 bridgehead atoms. The van der Waals surface area contributed by atoms with Crippen LogP contribution in [0.15, 0.2) is 24.3 Å². The summed E-state index contributed by atoms with van der Waals surface area (Å²) in [7, 11) is 1.67. The summed E-state index contributed by atoms with van der Waals surface area (Å²) in [4.78, 5) is 0. The van der Waals surface area contributed by atoms with E-state index in [0.29, 0.717) is 12.2 Å². The molecule has 2 saturated heterocycles. The van der Waals surface area contributed by atoms with Gasteiger partial charge in [0, 0.05) is 0 Å². The fraction of sp³-hybridized carbons (Fsp3) is 0.455. The van der Waals surface area contributed by atoms with Crippen LogP contribution in [0.5, 0.6) is 5.75 Å². The first kappa shape index (κ1) is 8.26. The van der Waals surface area contributed by atoms with Crippen molar-refractivity contribution in [2.75, 3.05) is 13.7 Å². The average molecular weight is 192 g/mol. The standard InChI is InChI=1S/C11H12O3/c1-12-8-4-2-7(3-5-8)10-11-9(14-11)6-13-10/h2-5,9-11H,6H2,1H3/t9-,10+,11-/m0/s1. The van der Waals surface area contributed by atoms with E-state index in [0.717, 1.165) is 12.4 Å². The van der Waals surface area contributed by atoms with Gasteiger partial charge >= 0.3 is 0 Å². The van der Waals surface area contributed by atoms with Crippen LogP contribution in [0.2, 0.25) is 0 Å². The summed E-state index contributed by atoms with van der Waals surface area (Å²) >= 11 is 0. The van der Waals surface area contributed by atoms with Gasteiger partial charge in [0.15, 0.2) is 0 Å². The van der Waals surface area contributed by atoms with Crippen LogP contribution in [0.4, 0.5) is 0 Å². The first-order valence-electron chi connectivity index (χ1n) is 4.79. The number of rotatable bonds is 2. The second-order valence-electron chi connectivity index (χ2n) is 3.67. The molecule has 0 aromatic heterocycles. The Balaban J connectivity index is 1.82. The minimum absolute atomic E-state index is 0.130. The second kappa shape index (κ2) is 2.97. The van der Waals surface area contributed by atoms with E-state index in [1.54, 1.807) is 7.11 Å². The molecular formula is C11H12O3. The molecule has 0 spiro atoms. The van der Waals surface area contributed by atoms with E-state index in [4.69, 9.17) is 14.2 Å². The van der Waals surface area contributed by atoms with Crippen molar-refractivity contribution in [3.63, 3.8) is 0 Å². The van der Waals surface area contributed by atoms with E-state index >= 15 is 0 Å². The maximum Gasteiger partial charge on any atom is 0.118 e. The smallest absolute Gasteiger partial charge is 0.118 e. The maximum atomic E-state index is 5.61. The molecule has 2 aliphatic heterocycles. The van der Waals surface area contributed by atoms with Crippen LogP contribution in [0.3, 0.4) is 0 Å². The number of fused-ring (bicyclic) bond motifs is 1. The molecule has 0 unspecified atom stereocenters. The van der Waals surface area contributed by atoms with E-state index < -0.39 is 0 Å². The lowest BCUT2D eigenvalue weighted by Gasteiger charge is -2.11. The van der Waals surface area contributed by atoms with E-state index in [2.05, 4.69) is 0 Å². The molecule has 0 aliphatic carbocycles. The maximum absolute atomic E-state index is 5.61. The molecule has 3 rings (SSSR count). The van der Waals surface area contributed by atoms with E-state index in [9.17, 15) is 0 Å². The van der Waals surface area contributed by atoms with Crippen molar-refractivity contribution in [2.24, 2.45) is 0 Å². The third-order valence-corrected chi connectivity index (χ3v) is 2.80. The number of methoxy groups -OCH3 is 1. The molecule has 2 fully saturated rings. The largest absolute Gasteiger partial charge is 0.497 e. The van der Waals surface area contributed by atoms with Gasteiger partial charge in [0.05, 0.1) is 13.7 Å². The Hall–Kier alpha value is -1.06. The van der Waals surface area contributed by atoms with Gasteiger partial charge in [-0.05, 0) is 17.7 Å². The van der Waals surface area contributed by atoms with Gasteiger partial charge in [0.1, 0.15) is 24.1 Å². The summed E-state index contributed by atoms with van der Waals surface area (Å²) in [5.74, 6) is 0.875. The van der Waals surface area contributed by atoms with Crippen molar-refractivity contribution in [2.45, 2.75) is 18.3 Å². The quantitative estimate of drug-likeness (QED) is 0.666. The lowest BCUT2D eigenvalue weighted by molar-refractivity contribution is 0.0282. The van der Waals surface area contributed by atoms with Crippen molar-refractivity contribution < 1.29 is 14.2 Å². The van der Waals surface area contributed by atoms with Crippen LogP contribution in [0, 0.1) is 0 Å². The number of benzene rings is 1. The monoisotopic (exact) mass is 192 g/mol. The zero-order chi connectivity index (χ0) is 9.54. The predicted molar refractivity (Wildman–Crippen MR) is 50.3 cm³/mol. The zero-order valence-corrected chi connectivity index (χ0v) is 7.97. The van der Waals surface area contributed by atoms with Gasteiger partial charge in [-0.25, -0.2) is 0 Å².